The Morgan fingerprint density at radius 1 is 0.857 bits per heavy atom. The quantitative estimate of drug-likeness (QED) is 0.165. The van der Waals surface area contributed by atoms with Crippen molar-refractivity contribution < 1.29 is 18.1 Å². The molecule has 35 heavy (non-hydrogen) atoms. The number of phosphoric acid groups is 1. The summed E-state index contributed by atoms with van der Waals surface area (Å²) in [4.78, 5) is 5.03. The van der Waals surface area contributed by atoms with Crippen molar-refractivity contribution in [3.8, 4) is 0 Å². The summed E-state index contributed by atoms with van der Waals surface area (Å²) in [5.74, 6) is 0.408. The fraction of sp³-hybridized carbons (Fsp3) is 0.207. The third kappa shape index (κ3) is 5.08. The third-order valence-corrected chi connectivity index (χ3v) is 7.20. The summed E-state index contributed by atoms with van der Waals surface area (Å²) in [6.45, 7) is 6.59. The minimum Gasteiger partial charge on any atom is -0.403 e. The van der Waals surface area contributed by atoms with E-state index in [1.807, 2.05) is 106 Å². The number of para-hydroxylation sites is 1. The minimum absolute atomic E-state index is 0.243. The highest BCUT2D eigenvalue weighted by Gasteiger charge is 2.40. The molecule has 1 aliphatic rings. The second-order valence-electron chi connectivity index (χ2n) is 9.53. The van der Waals surface area contributed by atoms with Gasteiger partial charge in [-0.1, -0.05) is 92.7 Å². The second-order valence-corrected chi connectivity index (χ2v) is 11.1. The zero-order valence-electron chi connectivity index (χ0n) is 20.1. The summed E-state index contributed by atoms with van der Waals surface area (Å²) in [6.07, 6.45) is 0. The predicted molar refractivity (Wildman–Crippen MR) is 140 cm³/mol. The lowest BCUT2D eigenvalue weighted by Gasteiger charge is -2.33. The summed E-state index contributed by atoms with van der Waals surface area (Å²) in [5, 5.41) is 1.05. The minimum atomic E-state index is -3.86. The standard InChI is InChI=1S/C29H28NO4P/c1-21-18-24-16-10-11-17-25(24)30-27(21)26(22-12-6-4-7-13-22)28(23-14-8-5-9-15-23)34-35(31)32-19-29(2,3)20-33-35/h4-18H,19-20H2,1-3H3/b28-26-. The van der Waals surface area contributed by atoms with Crippen LogP contribution >= 0.6 is 7.82 Å². The molecule has 3 aromatic carbocycles. The van der Waals surface area contributed by atoms with Crippen molar-refractivity contribution in [3.05, 3.63) is 113 Å². The molecule has 0 saturated carbocycles. The van der Waals surface area contributed by atoms with Crippen molar-refractivity contribution >= 4 is 30.1 Å². The van der Waals surface area contributed by atoms with Crippen LogP contribution in [0, 0.1) is 12.3 Å². The van der Waals surface area contributed by atoms with Gasteiger partial charge in [-0.3, -0.25) is 9.05 Å². The molecule has 1 saturated heterocycles. The van der Waals surface area contributed by atoms with Crippen molar-refractivity contribution in [3.63, 3.8) is 0 Å². The lowest BCUT2D eigenvalue weighted by molar-refractivity contribution is 0.0148. The summed E-state index contributed by atoms with van der Waals surface area (Å²) in [5.41, 5.74) is 4.73. The first-order valence-electron chi connectivity index (χ1n) is 11.6. The summed E-state index contributed by atoms with van der Waals surface area (Å²) < 4.78 is 31.3. The molecule has 5 rings (SSSR count). The van der Waals surface area contributed by atoms with Gasteiger partial charge in [-0.05, 0) is 30.2 Å². The van der Waals surface area contributed by atoms with Crippen LogP contribution in [0.4, 0.5) is 0 Å². The average Bonchev–Trinajstić information content (AvgIpc) is 2.87. The van der Waals surface area contributed by atoms with Crippen molar-refractivity contribution in [1.29, 1.82) is 0 Å². The number of nitrogens with zero attached hydrogens (tertiary/aromatic N) is 1. The number of pyridine rings is 1. The molecule has 6 heteroatoms. The molecule has 0 N–H and O–H groups in total. The number of benzene rings is 3. The Bertz CT molecular complexity index is 1420. The van der Waals surface area contributed by atoms with Gasteiger partial charge < -0.3 is 4.52 Å². The maximum atomic E-state index is 13.6. The van der Waals surface area contributed by atoms with Crippen molar-refractivity contribution in [2.75, 3.05) is 13.2 Å². The lowest BCUT2D eigenvalue weighted by Crippen LogP contribution is -2.29. The number of fused-ring (bicyclic) bond motifs is 1. The van der Waals surface area contributed by atoms with Gasteiger partial charge in [0.1, 0.15) is 5.76 Å². The number of rotatable bonds is 5. The molecule has 0 amide bonds. The van der Waals surface area contributed by atoms with E-state index in [4.69, 9.17) is 18.6 Å². The number of hydrogen-bond acceptors (Lipinski definition) is 5. The molecule has 5 nitrogen and oxygen atoms in total. The van der Waals surface area contributed by atoms with E-state index in [2.05, 4.69) is 6.07 Å². The van der Waals surface area contributed by atoms with Crippen LogP contribution < -0.4 is 0 Å². The molecule has 1 fully saturated rings. The van der Waals surface area contributed by atoms with Crippen LogP contribution in [0.5, 0.6) is 0 Å². The van der Waals surface area contributed by atoms with Gasteiger partial charge >= 0.3 is 7.82 Å². The molecule has 1 aliphatic heterocycles. The topological polar surface area (TPSA) is 57.7 Å². The molecule has 0 atom stereocenters. The van der Waals surface area contributed by atoms with Gasteiger partial charge in [0.05, 0.1) is 30.0 Å². The van der Waals surface area contributed by atoms with Crippen LogP contribution in [0.15, 0.2) is 91.0 Å². The number of aryl methyl sites for hydroxylation is 1. The highest BCUT2D eigenvalue weighted by molar-refractivity contribution is 7.48. The van der Waals surface area contributed by atoms with Crippen LogP contribution in [0.2, 0.25) is 0 Å². The fourth-order valence-electron chi connectivity index (χ4n) is 4.04. The number of hydrogen-bond donors (Lipinski definition) is 0. The predicted octanol–water partition coefficient (Wildman–Crippen LogP) is 7.66. The van der Waals surface area contributed by atoms with E-state index < -0.39 is 7.82 Å². The van der Waals surface area contributed by atoms with Crippen molar-refractivity contribution in [1.82, 2.24) is 4.98 Å². The highest BCUT2D eigenvalue weighted by atomic mass is 31.2. The van der Waals surface area contributed by atoms with Gasteiger partial charge in [-0.15, -0.1) is 0 Å². The zero-order valence-corrected chi connectivity index (χ0v) is 21.0. The maximum absolute atomic E-state index is 13.6. The van der Waals surface area contributed by atoms with E-state index in [0.29, 0.717) is 5.76 Å². The lowest BCUT2D eigenvalue weighted by atomic mass is 9.94. The van der Waals surface area contributed by atoms with Gasteiger partial charge in [0, 0.05) is 16.4 Å². The van der Waals surface area contributed by atoms with Gasteiger partial charge in [-0.2, -0.15) is 0 Å². The molecule has 0 aliphatic carbocycles. The van der Waals surface area contributed by atoms with Crippen molar-refractivity contribution in [2.24, 2.45) is 5.41 Å². The molecule has 2 heterocycles. The Kier molecular flexibility index (Phi) is 6.33. The van der Waals surface area contributed by atoms with Crippen LogP contribution in [-0.2, 0) is 18.1 Å². The Morgan fingerprint density at radius 3 is 2.09 bits per heavy atom. The smallest absolute Gasteiger partial charge is 0.403 e. The molecule has 178 valence electrons. The average molecular weight is 486 g/mol. The highest BCUT2D eigenvalue weighted by Crippen LogP contribution is 2.58. The van der Waals surface area contributed by atoms with Crippen LogP contribution in [0.25, 0.3) is 22.2 Å². The summed E-state index contributed by atoms with van der Waals surface area (Å²) in [7, 11) is -3.86. The van der Waals surface area contributed by atoms with Crippen LogP contribution in [0.3, 0.4) is 0 Å². The van der Waals surface area contributed by atoms with Crippen LogP contribution in [-0.4, -0.2) is 18.2 Å². The molecule has 0 unspecified atom stereocenters. The van der Waals surface area contributed by atoms with E-state index >= 15 is 0 Å². The van der Waals surface area contributed by atoms with E-state index in [-0.39, 0.29) is 18.6 Å². The van der Waals surface area contributed by atoms with Gasteiger partial charge in [-0.25, -0.2) is 9.55 Å². The normalized spacial score (nSPS) is 17.6. The van der Waals surface area contributed by atoms with E-state index in [1.54, 1.807) is 0 Å². The summed E-state index contributed by atoms with van der Waals surface area (Å²) in [6, 6.07) is 29.6. The first-order chi connectivity index (χ1) is 16.8. The van der Waals surface area contributed by atoms with Gasteiger partial charge in [0.25, 0.3) is 0 Å². The Labute approximate surface area is 206 Å². The summed E-state index contributed by atoms with van der Waals surface area (Å²) >= 11 is 0. The Hall–Kier alpha value is -3.24. The molecular weight excluding hydrogens is 457 g/mol. The number of phosphoric ester groups is 1. The van der Waals surface area contributed by atoms with Crippen LogP contribution in [0.1, 0.15) is 36.2 Å². The molecule has 0 bridgehead atoms. The molecule has 0 radical (unpaired) electrons. The maximum Gasteiger partial charge on any atom is 0.530 e. The van der Waals surface area contributed by atoms with E-state index in [1.165, 1.54) is 0 Å². The van der Waals surface area contributed by atoms with E-state index in [9.17, 15) is 4.57 Å². The fourth-order valence-corrected chi connectivity index (χ4v) is 5.65. The largest absolute Gasteiger partial charge is 0.530 e. The molecular formula is C29H28NO4P. The first-order valence-corrected chi connectivity index (χ1v) is 13.1. The molecule has 0 spiro atoms. The van der Waals surface area contributed by atoms with Gasteiger partial charge in [0.15, 0.2) is 0 Å². The molecule has 4 aromatic rings. The van der Waals surface area contributed by atoms with Crippen molar-refractivity contribution in [2.45, 2.75) is 20.8 Å². The second kappa shape index (κ2) is 9.43. The monoisotopic (exact) mass is 485 g/mol. The third-order valence-electron chi connectivity index (χ3n) is 5.91. The van der Waals surface area contributed by atoms with Gasteiger partial charge in [0.2, 0.25) is 0 Å². The molecule has 1 aromatic heterocycles. The number of aromatic nitrogens is 1. The Morgan fingerprint density at radius 2 is 1.43 bits per heavy atom. The van der Waals surface area contributed by atoms with E-state index in [0.717, 1.165) is 38.9 Å². The first kappa shape index (κ1) is 23.5. The SMILES string of the molecule is Cc1cc2ccccc2nc1/C(=C(\OP1(=O)OCC(C)(C)CO1)c1ccccc1)c1ccccc1. The zero-order chi connectivity index (χ0) is 24.5. The Balaban J connectivity index is 1.76.